The summed E-state index contributed by atoms with van der Waals surface area (Å²) in [6, 6.07) is 3.73. The largest absolute Gasteiger partial charge is 0.492 e. The summed E-state index contributed by atoms with van der Waals surface area (Å²) < 4.78 is 16.6. The first-order valence-electron chi connectivity index (χ1n) is 7.61. The van der Waals surface area contributed by atoms with Crippen LogP contribution in [0.1, 0.15) is 16.9 Å². The minimum absolute atomic E-state index is 0.119. The van der Waals surface area contributed by atoms with E-state index in [2.05, 4.69) is 9.97 Å². The number of likely N-dealkylation sites (tertiary alicyclic amines) is 1. The van der Waals surface area contributed by atoms with Crippen molar-refractivity contribution in [3.05, 3.63) is 42.9 Å². The molecule has 7 nitrogen and oxygen atoms in total. The van der Waals surface area contributed by atoms with E-state index >= 15 is 0 Å². The number of rotatable bonds is 4. The quantitative estimate of drug-likeness (QED) is 0.848. The zero-order valence-corrected chi connectivity index (χ0v) is 12.6. The van der Waals surface area contributed by atoms with Crippen LogP contribution in [-0.4, -0.2) is 52.7 Å². The Morgan fingerprint density at radius 3 is 3.13 bits per heavy atom. The van der Waals surface area contributed by atoms with Gasteiger partial charge in [0.1, 0.15) is 17.6 Å². The molecule has 0 N–H and O–H groups in total. The monoisotopic (exact) mass is 315 g/mol. The molecule has 0 saturated carbocycles. The van der Waals surface area contributed by atoms with E-state index in [1.54, 1.807) is 17.3 Å². The average molecular weight is 315 g/mol. The van der Waals surface area contributed by atoms with Crippen LogP contribution in [-0.2, 0) is 4.74 Å². The van der Waals surface area contributed by atoms with Crippen molar-refractivity contribution in [1.82, 2.24) is 14.9 Å². The summed E-state index contributed by atoms with van der Waals surface area (Å²) in [5.74, 6) is 0.903. The van der Waals surface area contributed by atoms with Crippen LogP contribution in [0.3, 0.4) is 0 Å². The van der Waals surface area contributed by atoms with Crippen molar-refractivity contribution in [3.63, 3.8) is 0 Å². The number of carbonyl (C=O) groups excluding carboxylic acids is 1. The Balaban J connectivity index is 1.36. The number of aromatic nitrogens is 2. The third kappa shape index (κ3) is 2.57. The molecule has 0 radical (unpaired) electrons. The van der Waals surface area contributed by atoms with Crippen LogP contribution >= 0.6 is 0 Å². The minimum atomic E-state index is -0.290. The van der Waals surface area contributed by atoms with Crippen molar-refractivity contribution in [2.45, 2.75) is 12.0 Å². The second kappa shape index (κ2) is 5.66. The van der Waals surface area contributed by atoms with Gasteiger partial charge in [-0.2, -0.15) is 0 Å². The molecule has 2 saturated heterocycles. The minimum Gasteiger partial charge on any atom is -0.492 e. The van der Waals surface area contributed by atoms with Gasteiger partial charge in [0.15, 0.2) is 12.1 Å². The van der Waals surface area contributed by atoms with Gasteiger partial charge in [0.05, 0.1) is 25.9 Å². The van der Waals surface area contributed by atoms with Crippen molar-refractivity contribution in [2.75, 3.05) is 26.3 Å². The highest BCUT2D eigenvalue weighted by atomic mass is 16.5. The maximum atomic E-state index is 12.2. The van der Waals surface area contributed by atoms with Gasteiger partial charge >= 0.3 is 0 Å². The van der Waals surface area contributed by atoms with Crippen LogP contribution in [0, 0.1) is 5.92 Å². The van der Waals surface area contributed by atoms with Gasteiger partial charge in [-0.1, -0.05) is 0 Å². The molecule has 0 bridgehead atoms. The first-order chi connectivity index (χ1) is 11.3. The summed E-state index contributed by atoms with van der Waals surface area (Å²) in [6.45, 7) is 2.41. The molecule has 120 valence electrons. The van der Waals surface area contributed by atoms with E-state index in [4.69, 9.17) is 13.9 Å². The van der Waals surface area contributed by atoms with Gasteiger partial charge in [-0.25, -0.2) is 4.98 Å². The van der Waals surface area contributed by atoms with Crippen molar-refractivity contribution in [2.24, 2.45) is 5.92 Å². The molecule has 1 amide bonds. The zero-order chi connectivity index (χ0) is 15.7. The predicted octanol–water partition coefficient (Wildman–Crippen LogP) is 1.38. The van der Waals surface area contributed by atoms with Gasteiger partial charge in [0, 0.05) is 18.7 Å². The molecule has 0 aliphatic carbocycles. The lowest BCUT2D eigenvalue weighted by Crippen LogP contribution is -2.66. The molecule has 23 heavy (non-hydrogen) atoms. The predicted molar refractivity (Wildman–Crippen MR) is 78.9 cm³/mol. The van der Waals surface area contributed by atoms with Crippen LogP contribution in [0.5, 0.6) is 5.75 Å². The number of ether oxygens (including phenoxy) is 2. The van der Waals surface area contributed by atoms with E-state index in [-0.39, 0.29) is 17.4 Å². The molecule has 1 spiro atoms. The average Bonchev–Trinajstić information content (AvgIpc) is 3.21. The molecular weight excluding hydrogens is 298 g/mol. The van der Waals surface area contributed by atoms with Crippen LogP contribution in [0.15, 0.2) is 41.6 Å². The molecule has 2 aromatic rings. The van der Waals surface area contributed by atoms with Gasteiger partial charge in [0.2, 0.25) is 0 Å². The molecule has 4 rings (SSSR count). The Labute approximate surface area is 133 Å². The van der Waals surface area contributed by atoms with Crippen LogP contribution in [0.25, 0.3) is 0 Å². The molecule has 1 atom stereocenters. The summed E-state index contributed by atoms with van der Waals surface area (Å²) in [7, 11) is 0. The molecule has 4 heterocycles. The van der Waals surface area contributed by atoms with E-state index < -0.39 is 0 Å². The Hall–Kier alpha value is -2.41. The lowest BCUT2D eigenvalue weighted by Gasteiger charge is -2.49. The third-order valence-corrected chi connectivity index (χ3v) is 4.54. The Kier molecular flexibility index (Phi) is 3.49. The lowest BCUT2D eigenvalue weighted by molar-refractivity contribution is -0.122. The van der Waals surface area contributed by atoms with E-state index in [1.807, 2.05) is 12.1 Å². The van der Waals surface area contributed by atoms with E-state index in [0.717, 1.165) is 12.2 Å². The second-order valence-electron chi connectivity index (χ2n) is 5.93. The number of carbonyl (C=O) groups is 1. The van der Waals surface area contributed by atoms with E-state index in [9.17, 15) is 4.79 Å². The number of pyridine rings is 1. The van der Waals surface area contributed by atoms with Crippen molar-refractivity contribution < 1.29 is 18.7 Å². The first kappa shape index (κ1) is 14.2. The van der Waals surface area contributed by atoms with Crippen molar-refractivity contribution >= 4 is 5.91 Å². The second-order valence-corrected chi connectivity index (χ2v) is 5.93. The van der Waals surface area contributed by atoms with Crippen LogP contribution < -0.4 is 4.74 Å². The van der Waals surface area contributed by atoms with Gasteiger partial charge in [-0.15, -0.1) is 0 Å². The fourth-order valence-corrected chi connectivity index (χ4v) is 3.22. The van der Waals surface area contributed by atoms with E-state index in [1.165, 1.54) is 12.7 Å². The molecular formula is C16H17N3O4. The normalized spacial score (nSPS) is 22.1. The molecule has 7 heteroatoms. The Morgan fingerprint density at radius 1 is 1.48 bits per heavy atom. The summed E-state index contributed by atoms with van der Waals surface area (Å²) in [4.78, 5) is 21.9. The van der Waals surface area contributed by atoms with E-state index in [0.29, 0.717) is 32.0 Å². The number of nitrogens with zero attached hydrogens (tertiary/aromatic N) is 3. The van der Waals surface area contributed by atoms with Crippen molar-refractivity contribution in [1.29, 1.82) is 0 Å². The SMILES string of the molecule is O=C(c1cocn1)N1CC2(C1)OCC[C@H]2COc1cccnc1. The number of amides is 1. The summed E-state index contributed by atoms with van der Waals surface area (Å²) in [5, 5.41) is 0. The smallest absolute Gasteiger partial charge is 0.276 e. The Bertz CT molecular complexity index is 668. The first-order valence-corrected chi connectivity index (χ1v) is 7.61. The van der Waals surface area contributed by atoms with Gasteiger partial charge in [-0.05, 0) is 18.6 Å². The van der Waals surface area contributed by atoms with Crippen LogP contribution in [0.4, 0.5) is 0 Å². The molecule has 0 aromatic carbocycles. The van der Waals surface area contributed by atoms with Crippen molar-refractivity contribution in [3.8, 4) is 5.75 Å². The van der Waals surface area contributed by atoms with Gasteiger partial charge in [0.25, 0.3) is 5.91 Å². The summed E-state index contributed by atoms with van der Waals surface area (Å²) in [6.07, 6.45) is 6.98. The molecule has 2 aliphatic heterocycles. The highest BCUT2D eigenvalue weighted by molar-refractivity contribution is 5.92. The number of oxazole rings is 1. The maximum Gasteiger partial charge on any atom is 0.276 e. The summed E-state index contributed by atoms with van der Waals surface area (Å²) >= 11 is 0. The zero-order valence-electron chi connectivity index (χ0n) is 12.6. The maximum absolute atomic E-state index is 12.2. The number of hydrogen-bond acceptors (Lipinski definition) is 6. The standard InChI is InChI=1S/C16H17N3O4/c20-15(14-8-21-11-18-14)19-9-16(10-19)12(3-5-23-16)7-22-13-2-1-4-17-6-13/h1-2,4,6,8,11-12H,3,5,7,9-10H2/t12-/m0/s1. The molecule has 2 aliphatic rings. The Morgan fingerprint density at radius 2 is 2.39 bits per heavy atom. The highest BCUT2D eigenvalue weighted by Gasteiger charge is 2.55. The topological polar surface area (TPSA) is 77.7 Å². The fraction of sp³-hybridized carbons (Fsp3) is 0.438. The van der Waals surface area contributed by atoms with Gasteiger partial charge < -0.3 is 18.8 Å². The molecule has 0 unspecified atom stereocenters. The third-order valence-electron chi connectivity index (χ3n) is 4.54. The fourth-order valence-electron chi connectivity index (χ4n) is 3.22. The highest BCUT2D eigenvalue weighted by Crippen LogP contribution is 2.40. The summed E-state index contributed by atoms with van der Waals surface area (Å²) in [5.41, 5.74) is 0.0442. The molecule has 2 aromatic heterocycles. The van der Waals surface area contributed by atoms with Gasteiger partial charge in [-0.3, -0.25) is 9.78 Å². The van der Waals surface area contributed by atoms with Crippen LogP contribution in [0.2, 0.25) is 0 Å². The number of hydrogen-bond donors (Lipinski definition) is 0. The molecule has 2 fully saturated rings. The lowest BCUT2D eigenvalue weighted by atomic mass is 9.81.